The fraction of sp³-hybridized carbons (Fsp3) is 0.588. The summed E-state index contributed by atoms with van der Waals surface area (Å²) in [5, 5.41) is 0. The molecule has 2 N–H and O–H groups in total. The zero-order chi connectivity index (χ0) is 14.3. The molecule has 21 heavy (non-hydrogen) atoms. The van der Waals surface area contributed by atoms with E-state index < -0.39 is 0 Å². The SMILES string of the molecule is Cc1ccc(C(=O)N2CC3CCCC(N)C3C2)cc1C.Cl. The largest absolute Gasteiger partial charge is 0.338 e. The Kier molecular flexibility index (Phi) is 4.95. The van der Waals surface area contributed by atoms with Crippen molar-refractivity contribution < 1.29 is 4.79 Å². The molecule has 3 nitrogen and oxygen atoms in total. The van der Waals surface area contributed by atoms with Gasteiger partial charge in [-0.25, -0.2) is 0 Å². The summed E-state index contributed by atoms with van der Waals surface area (Å²) in [6, 6.07) is 6.29. The van der Waals surface area contributed by atoms with E-state index in [9.17, 15) is 4.79 Å². The number of carbonyl (C=O) groups excluding carboxylic acids is 1. The molecule has 1 aromatic rings. The Balaban J connectivity index is 0.00000161. The number of benzene rings is 1. The van der Waals surface area contributed by atoms with Gasteiger partial charge < -0.3 is 10.6 Å². The number of carbonyl (C=O) groups is 1. The second-order valence-corrected chi connectivity index (χ2v) is 6.53. The van der Waals surface area contributed by atoms with Gasteiger partial charge in [0.15, 0.2) is 0 Å². The second kappa shape index (κ2) is 6.37. The molecule has 1 amide bonds. The first-order chi connectivity index (χ1) is 9.56. The molecule has 4 heteroatoms. The van der Waals surface area contributed by atoms with Crippen LogP contribution in [0.1, 0.15) is 40.7 Å². The highest BCUT2D eigenvalue weighted by Gasteiger charge is 2.40. The molecule has 0 aromatic heterocycles. The summed E-state index contributed by atoms with van der Waals surface area (Å²) in [5.41, 5.74) is 9.47. The summed E-state index contributed by atoms with van der Waals surface area (Å²) in [6.07, 6.45) is 3.57. The first-order valence-electron chi connectivity index (χ1n) is 7.68. The van der Waals surface area contributed by atoms with E-state index in [0.29, 0.717) is 11.8 Å². The van der Waals surface area contributed by atoms with Crippen molar-refractivity contribution in [3.8, 4) is 0 Å². The Hall–Kier alpha value is -1.06. The van der Waals surface area contributed by atoms with Crippen LogP contribution in [-0.2, 0) is 0 Å². The van der Waals surface area contributed by atoms with Crippen LogP contribution < -0.4 is 5.73 Å². The average molecular weight is 309 g/mol. The van der Waals surface area contributed by atoms with E-state index in [1.165, 1.54) is 24.0 Å². The number of nitrogens with two attached hydrogens (primary N) is 1. The minimum atomic E-state index is 0. The standard InChI is InChI=1S/C17H24N2O.ClH/c1-11-6-7-13(8-12(11)2)17(20)19-9-14-4-3-5-16(18)15(14)10-19;/h6-8,14-16H,3-5,9-10,18H2,1-2H3;1H. The van der Waals surface area contributed by atoms with Gasteiger partial charge in [-0.1, -0.05) is 12.5 Å². The third-order valence-corrected chi connectivity index (χ3v) is 5.19. The number of likely N-dealkylation sites (tertiary alicyclic amines) is 1. The molecule has 2 fully saturated rings. The monoisotopic (exact) mass is 308 g/mol. The molecule has 3 atom stereocenters. The first-order valence-corrected chi connectivity index (χ1v) is 7.68. The Morgan fingerprint density at radius 2 is 1.95 bits per heavy atom. The highest BCUT2D eigenvalue weighted by Crippen LogP contribution is 2.36. The van der Waals surface area contributed by atoms with E-state index in [1.54, 1.807) is 0 Å². The van der Waals surface area contributed by atoms with E-state index >= 15 is 0 Å². The van der Waals surface area contributed by atoms with E-state index in [1.807, 2.05) is 23.1 Å². The fourth-order valence-electron chi connectivity index (χ4n) is 3.74. The van der Waals surface area contributed by atoms with Gasteiger partial charge in [-0.05, 0) is 61.8 Å². The van der Waals surface area contributed by atoms with E-state index in [0.717, 1.165) is 25.1 Å². The van der Waals surface area contributed by atoms with Gasteiger partial charge in [-0.15, -0.1) is 12.4 Å². The predicted molar refractivity (Wildman–Crippen MR) is 87.9 cm³/mol. The van der Waals surface area contributed by atoms with Crippen LogP contribution in [0.3, 0.4) is 0 Å². The Labute approximate surface area is 133 Å². The molecule has 3 unspecified atom stereocenters. The van der Waals surface area contributed by atoms with Crippen LogP contribution in [-0.4, -0.2) is 29.9 Å². The molecular formula is C17H25ClN2O. The summed E-state index contributed by atoms with van der Waals surface area (Å²) < 4.78 is 0. The van der Waals surface area contributed by atoms with Gasteiger partial charge in [0.25, 0.3) is 5.91 Å². The highest BCUT2D eigenvalue weighted by atomic mass is 35.5. The van der Waals surface area contributed by atoms with Gasteiger partial charge in [0.05, 0.1) is 0 Å². The lowest BCUT2D eigenvalue weighted by Gasteiger charge is -2.29. The zero-order valence-corrected chi connectivity index (χ0v) is 13.7. The van der Waals surface area contributed by atoms with Gasteiger partial charge in [0.2, 0.25) is 0 Å². The Morgan fingerprint density at radius 1 is 1.19 bits per heavy atom. The number of aryl methyl sites for hydroxylation is 2. The lowest BCUT2D eigenvalue weighted by atomic mass is 9.78. The molecule has 2 aliphatic rings. The normalized spacial score (nSPS) is 28.0. The van der Waals surface area contributed by atoms with Crippen LogP contribution in [0.2, 0.25) is 0 Å². The number of nitrogens with zero attached hydrogens (tertiary/aromatic N) is 1. The van der Waals surface area contributed by atoms with Crippen LogP contribution in [0, 0.1) is 25.7 Å². The molecular weight excluding hydrogens is 284 g/mol. The van der Waals surface area contributed by atoms with Gasteiger partial charge in [0, 0.05) is 24.7 Å². The summed E-state index contributed by atoms with van der Waals surface area (Å²) in [4.78, 5) is 14.7. The minimum Gasteiger partial charge on any atom is -0.338 e. The Bertz CT molecular complexity index is 532. The van der Waals surface area contributed by atoms with Crippen molar-refractivity contribution in [2.75, 3.05) is 13.1 Å². The molecule has 0 spiro atoms. The smallest absolute Gasteiger partial charge is 0.253 e. The molecule has 1 aliphatic heterocycles. The molecule has 1 saturated carbocycles. The van der Waals surface area contributed by atoms with Crippen LogP contribution in [0.4, 0.5) is 0 Å². The predicted octanol–water partition coefficient (Wildman–Crippen LogP) is 2.92. The van der Waals surface area contributed by atoms with Crippen LogP contribution in [0.5, 0.6) is 0 Å². The molecule has 3 rings (SSSR count). The third kappa shape index (κ3) is 3.09. The molecule has 1 heterocycles. The van der Waals surface area contributed by atoms with Gasteiger partial charge >= 0.3 is 0 Å². The lowest BCUT2D eigenvalue weighted by Crippen LogP contribution is -2.38. The summed E-state index contributed by atoms with van der Waals surface area (Å²) >= 11 is 0. The van der Waals surface area contributed by atoms with Crippen molar-refractivity contribution in [1.29, 1.82) is 0 Å². The van der Waals surface area contributed by atoms with E-state index in [-0.39, 0.29) is 24.4 Å². The number of amides is 1. The lowest BCUT2D eigenvalue weighted by molar-refractivity contribution is 0.0783. The maximum Gasteiger partial charge on any atom is 0.253 e. The highest BCUT2D eigenvalue weighted by molar-refractivity contribution is 5.94. The second-order valence-electron chi connectivity index (χ2n) is 6.53. The van der Waals surface area contributed by atoms with Crippen molar-refractivity contribution in [2.45, 2.75) is 39.2 Å². The van der Waals surface area contributed by atoms with Crippen LogP contribution >= 0.6 is 12.4 Å². The molecule has 0 bridgehead atoms. The van der Waals surface area contributed by atoms with Crippen LogP contribution in [0.15, 0.2) is 18.2 Å². The quantitative estimate of drug-likeness (QED) is 0.867. The van der Waals surface area contributed by atoms with Gasteiger partial charge in [-0.3, -0.25) is 4.79 Å². The van der Waals surface area contributed by atoms with E-state index in [2.05, 4.69) is 13.8 Å². The topological polar surface area (TPSA) is 46.3 Å². The number of rotatable bonds is 1. The van der Waals surface area contributed by atoms with Crippen molar-refractivity contribution in [2.24, 2.45) is 17.6 Å². The number of hydrogen-bond donors (Lipinski definition) is 1. The van der Waals surface area contributed by atoms with E-state index in [4.69, 9.17) is 5.73 Å². The molecule has 1 aliphatic carbocycles. The van der Waals surface area contributed by atoms with Crippen molar-refractivity contribution in [3.05, 3.63) is 34.9 Å². The van der Waals surface area contributed by atoms with Crippen molar-refractivity contribution in [3.63, 3.8) is 0 Å². The van der Waals surface area contributed by atoms with Crippen molar-refractivity contribution >= 4 is 18.3 Å². The zero-order valence-electron chi connectivity index (χ0n) is 12.8. The van der Waals surface area contributed by atoms with Crippen molar-refractivity contribution in [1.82, 2.24) is 4.90 Å². The number of fused-ring (bicyclic) bond motifs is 1. The molecule has 116 valence electrons. The Morgan fingerprint density at radius 3 is 2.62 bits per heavy atom. The molecule has 1 saturated heterocycles. The number of halogens is 1. The average Bonchev–Trinajstić information content (AvgIpc) is 2.86. The summed E-state index contributed by atoms with van der Waals surface area (Å²) in [6.45, 7) is 5.88. The van der Waals surface area contributed by atoms with Gasteiger partial charge in [-0.2, -0.15) is 0 Å². The maximum absolute atomic E-state index is 12.6. The minimum absolute atomic E-state index is 0. The molecule has 0 radical (unpaired) electrons. The van der Waals surface area contributed by atoms with Gasteiger partial charge in [0.1, 0.15) is 0 Å². The number of hydrogen-bond acceptors (Lipinski definition) is 2. The summed E-state index contributed by atoms with van der Waals surface area (Å²) in [5.74, 6) is 1.31. The first kappa shape index (κ1) is 16.3. The molecule has 1 aromatic carbocycles. The maximum atomic E-state index is 12.6. The van der Waals surface area contributed by atoms with Crippen LogP contribution in [0.25, 0.3) is 0 Å². The summed E-state index contributed by atoms with van der Waals surface area (Å²) in [7, 11) is 0. The fourth-order valence-corrected chi connectivity index (χ4v) is 3.74. The third-order valence-electron chi connectivity index (χ3n) is 5.19.